The molecular weight excluding hydrogens is 392 g/mol. The number of hydrogen-bond acceptors (Lipinski definition) is 4. The molecule has 0 aromatic rings. The van der Waals surface area contributed by atoms with Crippen molar-refractivity contribution in [3.63, 3.8) is 0 Å². The fraction of sp³-hybridized carbons (Fsp3) is 0.840. The third-order valence-corrected chi connectivity index (χ3v) is 11.2. The fourth-order valence-electron chi connectivity index (χ4n) is 7.55. The van der Waals surface area contributed by atoms with Crippen molar-refractivity contribution in [1.82, 2.24) is 10.6 Å². The van der Waals surface area contributed by atoms with Crippen LogP contribution in [0.2, 0.25) is 0 Å². The molecule has 4 saturated carbocycles. The van der Waals surface area contributed by atoms with Crippen molar-refractivity contribution in [2.24, 2.45) is 32.5 Å². The molecule has 0 saturated heterocycles. The number of hydrogen-bond donors (Lipinski definition) is 2. The summed E-state index contributed by atoms with van der Waals surface area (Å²) in [6.45, 7) is 13.2. The van der Waals surface area contributed by atoms with Crippen molar-refractivity contribution >= 4 is 23.4 Å². The number of amides is 2. The Labute approximate surface area is 185 Å². The van der Waals surface area contributed by atoms with Gasteiger partial charge in [-0.1, -0.05) is 41.5 Å². The summed E-state index contributed by atoms with van der Waals surface area (Å²) in [5.41, 5.74) is -2.71. The van der Waals surface area contributed by atoms with Crippen molar-refractivity contribution in [2.75, 3.05) is 13.1 Å². The zero-order valence-electron chi connectivity index (χ0n) is 20.0. The van der Waals surface area contributed by atoms with Gasteiger partial charge in [-0.3, -0.25) is 19.2 Å². The van der Waals surface area contributed by atoms with Crippen molar-refractivity contribution in [3.8, 4) is 0 Å². The molecule has 4 fully saturated rings. The van der Waals surface area contributed by atoms with E-state index in [9.17, 15) is 19.2 Å². The van der Waals surface area contributed by atoms with Crippen molar-refractivity contribution in [1.29, 1.82) is 0 Å². The van der Waals surface area contributed by atoms with E-state index in [1.54, 1.807) is 0 Å². The molecule has 0 radical (unpaired) electrons. The van der Waals surface area contributed by atoms with Crippen LogP contribution in [0.4, 0.5) is 0 Å². The van der Waals surface area contributed by atoms with Gasteiger partial charge in [0.1, 0.15) is 11.6 Å². The fourth-order valence-corrected chi connectivity index (χ4v) is 7.55. The summed E-state index contributed by atoms with van der Waals surface area (Å²) in [7, 11) is 0. The molecule has 2 N–H and O–H groups in total. The van der Waals surface area contributed by atoms with E-state index in [4.69, 9.17) is 0 Å². The van der Waals surface area contributed by atoms with Crippen LogP contribution in [0.25, 0.3) is 0 Å². The van der Waals surface area contributed by atoms with E-state index >= 15 is 0 Å². The molecule has 4 unspecified atom stereocenters. The predicted molar refractivity (Wildman–Crippen MR) is 117 cm³/mol. The minimum absolute atomic E-state index is 0.0222. The van der Waals surface area contributed by atoms with Gasteiger partial charge in [-0.2, -0.15) is 0 Å². The van der Waals surface area contributed by atoms with Crippen LogP contribution in [0.3, 0.4) is 0 Å². The number of ketones is 2. The predicted octanol–water partition coefficient (Wildman–Crippen LogP) is 3.18. The van der Waals surface area contributed by atoms with Gasteiger partial charge in [0.15, 0.2) is 0 Å². The molecular formula is C25H38N2O4. The number of carbonyl (C=O) groups excluding carboxylic acids is 4. The van der Waals surface area contributed by atoms with Crippen molar-refractivity contribution < 1.29 is 19.2 Å². The molecule has 31 heavy (non-hydrogen) atoms. The highest BCUT2D eigenvalue weighted by atomic mass is 16.2. The molecule has 4 bridgehead atoms. The lowest BCUT2D eigenvalue weighted by Gasteiger charge is -2.39. The molecule has 172 valence electrons. The van der Waals surface area contributed by atoms with Crippen molar-refractivity contribution in [3.05, 3.63) is 0 Å². The molecule has 0 spiro atoms. The van der Waals surface area contributed by atoms with Gasteiger partial charge in [0, 0.05) is 36.8 Å². The largest absolute Gasteiger partial charge is 0.356 e. The molecule has 2 amide bonds. The summed E-state index contributed by atoms with van der Waals surface area (Å²) in [5.74, 6) is 0.377. The SMILES string of the molecule is CC12CCC(C(=O)NCCCNC(=O)C34CCC(C)(C(=O)C3)C4(C)C)(CC1=O)C2(C)C. The Morgan fingerprint density at radius 1 is 0.677 bits per heavy atom. The normalized spacial score (nSPS) is 41.6. The average Bonchev–Trinajstić information content (AvgIpc) is 3.15. The average molecular weight is 431 g/mol. The van der Waals surface area contributed by atoms with Gasteiger partial charge in [-0.15, -0.1) is 0 Å². The Kier molecular flexibility index (Phi) is 4.65. The van der Waals surface area contributed by atoms with Gasteiger partial charge in [0.2, 0.25) is 11.8 Å². The molecule has 4 aliphatic rings. The van der Waals surface area contributed by atoms with Crippen LogP contribution in [-0.2, 0) is 19.2 Å². The van der Waals surface area contributed by atoms with Crippen LogP contribution < -0.4 is 10.6 Å². The van der Waals surface area contributed by atoms with Gasteiger partial charge in [-0.05, 0) is 42.9 Å². The van der Waals surface area contributed by atoms with Crippen LogP contribution >= 0.6 is 0 Å². The zero-order valence-corrected chi connectivity index (χ0v) is 20.0. The summed E-state index contributed by atoms with van der Waals surface area (Å²) in [6.07, 6.45) is 4.37. The maximum Gasteiger partial charge on any atom is 0.227 e. The second kappa shape index (κ2) is 6.41. The molecule has 4 rings (SSSR count). The van der Waals surface area contributed by atoms with E-state index in [0.29, 0.717) is 32.4 Å². The third-order valence-electron chi connectivity index (χ3n) is 11.2. The Bertz CT molecular complexity index is 807. The minimum atomic E-state index is -0.608. The van der Waals surface area contributed by atoms with E-state index in [1.807, 2.05) is 13.8 Å². The van der Waals surface area contributed by atoms with Gasteiger partial charge in [0.05, 0.1) is 10.8 Å². The zero-order chi connectivity index (χ0) is 23.1. The second-order valence-corrected chi connectivity index (χ2v) is 12.1. The standard InChI is InChI=1S/C25H38N2O4/c1-20(2)22(5)8-10-24(20,14-16(22)28)18(30)26-12-7-13-27-19(31)25-11-9-23(6,17(29)15-25)21(25,3)4/h7-15H2,1-6H3,(H,26,30)(H,27,31). The van der Waals surface area contributed by atoms with Gasteiger partial charge >= 0.3 is 0 Å². The molecule has 6 nitrogen and oxygen atoms in total. The highest BCUT2D eigenvalue weighted by molar-refractivity contribution is 6.00. The number of fused-ring (bicyclic) bond motifs is 4. The number of Topliss-reactive ketones (excluding diaryl/α,β-unsaturated/α-hetero) is 2. The van der Waals surface area contributed by atoms with Crippen LogP contribution in [0.5, 0.6) is 0 Å². The molecule has 0 aromatic carbocycles. The van der Waals surface area contributed by atoms with Gasteiger partial charge in [-0.25, -0.2) is 0 Å². The molecule has 6 heteroatoms. The van der Waals surface area contributed by atoms with E-state index < -0.39 is 21.7 Å². The summed E-state index contributed by atoms with van der Waals surface area (Å²) in [4.78, 5) is 51.3. The minimum Gasteiger partial charge on any atom is -0.356 e. The monoisotopic (exact) mass is 430 g/mol. The maximum absolute atomic E-state index is 13.1. The summed E-state index contributed by atoms with van der Waals surface area (Å²) in [6, 6.07) is 0. The number of rotatable bonds is 6. The molecule has 0 heterocycles. The first-order valence-corrected chi connectivity index (χ1v) is 11.9. The summed E-state index contributed by atoms with van der Waals surface area (Å²) in [5, 5.41) is 6.09. The van der Waals surface area contributed by atoms with E-state index in [-0.39, 0.29) is 34.2 Å². The molecule has 0 aliphatic heterocycles. The number of nitrogens with one attached hydrogen (secondary N) is 2. The first-order chi connectivity index (χ1) is 14.2. The lowest BCUT2D eigenvalue weighted by atomic mass is 9.64. The molecule has 4 aliphatic carbocycles. The van der Waals surface area contributed by atoms with E-state index in [0.717, 1.165) is 25.7 Å². The number of carbonyl (C=O) groups is 4. The van der Waals surface area contributed by atoms with Crippen LogP contribution in [0.15, 0.2) is 0 Å². The lowest BCUT2D eigenvalue weighted by molar-refractivity contribution is -0.136. The Balaban J connectivity index is 1.30. The van der Waals surface area contributed by atoms with Crippen LogP contribution in [0.1, 0.15) is 86.5 Å². The summed E-state index contributed by atoms with van der Waals surface area (Å²) < 4.78 is 0. The van der Waals surface area contributed by atoms with Crippen molar-refractivity contribution in [2.45, 2.75) is 86.5 Å². The van der Waals surface area contributed by atoms with Crippen LogP contribution in [-0.4, -0.2) is 36.5 Å². The second-order valence-electron chi connectivity index (χ2n) is 12.1. The smallest absolute Gasteiger partial charge is 0.227 e. The maximum atomic E-state index is 13.1. The highest BCUT2D eigenvalue weighted by Gasteiger charge is 2.73. The quantitative estimate of drug-likeness (QED) is 0.633. The van der Waals surface area contributed by atoms with E-state index in [2.05, 4.69) is 38.3 Å². The molecule has 0 aromatic heterocycles. The molecule has 4 atom stereocenters. The summed E-state index contributed by atoms with van der Waals surface area (Å²) >= 11 is 0. The Morgan fingerprint density at radius 3 is 1.29 bits per heavy atom. The topological polar surface area (TPSA) is 92.3 Å². The Hall–Kier alpha value is -1.72. The van der Waals surface area contributed by atoms with Crippen LogP contribution in [0, 0.1) is 32.5 Å². The van der Waals surface area contributed by atoms with Gasteiger partial charge in [0.25, 0.3) is 0 Å². The first-order valence-electron chi connectivity index (χ1n) is 11.9. The highest BCUT2D eigenvalue weighted by Crippen LogP contribution is 2.71. The third kappa shape index (κ3) is 2.40. The van der Waals surface area contributed by atoms with E-state index in [1.165, 1.54) is 0 Å². The lowest BCUT2D eigenvalue weighted by Crippen LogP contribution is -2.48. The first kappa shape index (κ1) is 22.5. The van der Waals surface area contributed by atoms with Gasteiger partial charge < -0.3 is 10.6 Å². The Morgan fingerprint density at radius 2 is 1.03 bits per heavy atom.